The van der Waals surface area contributed by atoms with Gasteiger partial charge < -0.3 is 18.9 Å². The highest BCUT2D eigenvalue weighted by molar-refractivity contribution is 5.69. The van der Waals surface area contributed by atoms with Crippen LogP contribution in [0.2, 0.25) is 0 Å². The van der Waals surface area contributed by atoms with Gasteiger partial charge in [-0.3, -0.25) is 14.4 Å². The predicted molar refractivity (Wildman–Crippen MR) is 198 cm³/mol. The first kappa shape index (κ1) is 43.7. The van der Waals surface area contributed by atoms with Crippen molar-refractivity contribution in [2.24, 2.45) is 11.8 Å². The van der Waals surface area contributed by atoms with Crippen molar-refractivity contribution < 1.29 is 42.1 Å². The lowest BCUT2D eigenvalue weighted by atomic mass is 9.89. The molecule has 286 valence electrons. The van der Waals surface area contributed by atoms with Crippen LogP contribution in [0.4, 0.5) is 8.78 Å². The fourth-order valence-corrected chi connectivity index (χ4v) is 6.33. The first-order chi connectivity index (χ1) is 24.6. The van der Waals surface area contributed by atoms with Gasteiger partial charge in [0.25, 0.3) is 5.92 Å². The molecule has 1 aliphatic carbocycles. The zero-order valence-corrected chi connectivity index (χ0v) is 31.2. The lowest BCUT2D eigenvalue weighted by Gasteiger charge is -2.23. The highest BCUT2D eigenvalue weighted by Crippen LogP contribution is 2.40. The Balaban J connectivity index is 1.72. The number of unbranched alkanes of at least 4 members (excludes halogenated alkanes) is 11. The van der Waals surface area contributed by atoms with Crippen LogP contribution in [0.3, 0.4) is 0 Å². The van der Waals surface area contributed by atoms with Gasteiger partial charge >= 0.3 is 17.9 Å². The van der Waals surface area contributed by atoms with E-state index >= 15 is 0 Å². The largest absolute Gasteiger partial charge is 0.487 e. The third-order valence-electron chi connectivity index (χ3n) is 8.98. The molecular weight excluding hydrogens is 654 g/mol. The number of ether oxygens (including phenoxy) is 4. The Kier molecular flexibility index (Phi) is 22.5. The number of carbonyl (C=O) groups is 3. The van der Waals surface area contributed by atoms with Crippen LogP contribution in [-0.2, 0) is 28.6 Å². The van der Waals surface area contributed by atoms with Gasteiger partial charge in [0.05, 0.1) is 6.61 Å². The van der Waals surface area contributed by atoms with E-state index in [0.717, 1.165) is 31.8 Å². The zero-order valence-electron chi connectivity index (χ0n) is 31.2. The maximum Gasteiger partial charge on any atom is 0.305 e. The van der Waals surface area contributed by atoms with Crippen LogP contribution in [0.1, 0.15) is 130 Å². The number of hydrogen-bond donors (Lipinski definition) is 0. The fraction of sp³-hybridized carbons (Fsp3) is 0.643. The third kappa shape index (κ3) is 20.8. The minimum Gasteiger partial charge on any atom is -0.487 e. The Bertz CT molecular complexity index is 1200. The van der Waals surface area contributed by atoms with Gasteiger partial charge in [-0.15, -0.1) is 0 Å². The molecule has 1 aromatic rings. The summed E-state index contributed by atoms with van der Waals surface area (Å²) in [6, 6.07) is 8.37. The second kappa shape index (κ2) is 26.3. The van der Waals surface area contributed by atoms with Gasteiger partial charge in [0.2, 0.25) is 0 Å². The fourth-order valence-electron chi connectivity index (χ4n) is 6.33. The molecule has 4 atom stereocenters. The van der Waals surface area contributed by atoms with Crippen LogP contribution >= 0.6 is 0 Å². The molecule has 9 heteroatoms. The summed E-state index contributed by atoms with van der Waals surface area (Å²) in [5, 5.41) is 0. The summed E-state index contributed by atoms with van der Waals surface area (Å²) in [6.07, 6.45) is 25.9. The van der Waals surface area contributed by atoms with Crippen LogP contribution in [0.5, 0.6) is 5.75 Å². The number of halogens is 2. The van der Waals surface area contributed by atoms with E-state index in [1.807, 2.05) is 12.2 Å². The lowest BCUT2D eigenvalue weighted by molar-refractivity contribution is -0.149. The first-order valence-corrected chi connectivity index (χ1v) is 19.2. The van der Waals surface area contributed by atoms with Crippen LogP contribution < -0.4 is 4.74 Å². The molecule has 0 aliphatic heterocycles. The van der Waals surface area contributed by atoms with E-state index in [1.165, 1.54) is 71.3 Å². The van der Waals surface area contributed by atoms with E-state index in [-0.39, 0.29) is 18.3 Å². The highest BCUT2D eigenvalue weighted by Gasteiger charge is 2.45. The number of hydrogen-bond acceptors (Lipinski definition) is 7. The van der Waals surface area contributed by atoms with E-state index in [9.17, 15) is 23.2 Å². The van der Waals surface area contributed by atoms with Crippen LogP contribution in [0.25, 0.3) is 0 Å². The lowest BCUT2D eigenvalue weighted by Crippen LogP contribution is -2.27. The SMILES string of the molecule is CCCCCC/C=C/CCCCCCCCOC(=O)CCC/C=C\C[C@@H]1[C@@H](/C=C/C(F)(F)COc2ccccc2)[C@H](OC(C)=O)C[C@@H]1OC(C)=O. The summed E-state index contributed by atoms with van der Waals surface area (Å²) >= 11 is 0. The number of carbonyl (C=O) groups excluding carboxylic acids is 3. The van der Waals surface area contributed by atoms with E-state index in [4.69, 9.17) is 18.9 Å². The number of allylic oxidation sites excluding steroid dienone is 4. The Morgan fingerprint density at radius 3 is 2.02 bits per heavy atom. The smallest absolute Gasteiger partial charge is 0.305 e. The number of para-hydroxylation sites is 1. The van der Waals surface area contributed by atoms with Crippen molar-refractivity contribution >= 4 is 17.9 Å². The quantitative estimate of drug-likeness (QED) is 0.0387. The normalized spacial score (nSPS) is 19.2. The van der Waals surface area contributed by atoms with Gasteiger partial charge in [-0.2, -0.15) is 8.78 Å². The first-order valence-electron chi connectivity index (χ1n) is 19.2. The molecule has 1 saturated carbocycles. The summed E-state index contributed by atoms with van der Waals surface area (Å²) in [5.74, 6) is -5.18. The highest BCUT2D eigenvalue weighted by atomic mass is 19.3. The summed E-state index contributed by atoms with van der Waals surface area (Å²) < 4.78 is 51.3. The number of rotatable bonds is 27. The molecule has 51 heavy (non-hydrogen) atoms. The van der Waals surface area contributed by atoms with Crippen molar-refractivity contribution in [2.45, 2.75) is 148 Å². The molecule has 7 nitrogen and oxygen atoms in total. The molecule has 0 amide bonds. The third-order valence-corrected chi connectivity index (χ3v) is 8.98. The molecule has 0 saturated heterocycles. The van der Waals surface area contributed by atoms with Gasteiger partial charge in [0, 0.05) is 38.5 Å². The van der Waals surface area contributed by atoms with Gasteiger partial charge in [-0.25, -0.2) is 0 Å². The van der Waals surface area contributed by atoms with E-state index in [2.05, 4.69) is 19.1 Å². The topological polar surface area (TPSA) is 88.1 Å². The summed E-state index contributed by atoms with van der Waals surface area (Å²) in [7, 11) is 0. The summed E-state index contributed by atoms with van der Waals surface area (Å²) in [5.41, 5.74) is 0. The Morgan fingerprint density at radius 2 is 1.35 bits per heavy atom. The minimum atomic E-state index is -3.28. The zero-order chi connectivity index (χ0) is 37.2. The molecular formula is C42H62F2O7. The molecule has 0 bridgehead atoms. The van der Waals surface area contributed by atoms with Crippen LogP contribution in [-0.4, -0.2) is 49.3 Å². The molecule has 2 rings (SSSR count). The van der Waals surface area contributed by atoms with Crippen molar-refractivity contribution in [1.29, 1.82) is 0 Å². The number of alkyl halides is 2. The molecule has 0 N–H and O–H groups in total. The van der Waals surface area contributed by atoms with Crippen LogP contribution in [0, 0.1) is 11.8 Å². The van der Waals surface area contributed by atoms with Gasteiger partial charge in [0.1, 0.15) is 18.0 Å². The van der Waals surface area contributed by atoms with Gasteiger partial charge in [0.15, 0.2) is 6.61 Å². The van der Waals surface area contributed by atoms with Gasteiger partial charge in [-0.05, 0) is 69.6 Å². The second-order valence-corrected chi connectivity index (χ2v) is 13.5. The molecule has 1 fully saturated rings. The predicted octanol–water partition coefficient (Wildman–Crippen LogP) is 10.7. The molecule has 0 heterocycles. The molecule has 1 aliphatic rings. The summed E-state index contributed by atoms with van der Waals surface area (Å²) in [6.45, 7) is 4.39. The van der Waals surface area contributed by atoms with Crippen molar-refractivity contribution in [2.75, 3.05) is 13.2 Å². The molecule has 0 aromatic heterocycles. The monoisotopic (exact) mass is 716 g/mol. The number of benzene rings is 1. The van der Waals surface area contributed by atoms with Gasteiger partial charge in [-0.1, -0.05) is 100 Å². The molecule has 1 aromatic carbocycles. The molecule has 0 unspecified atom stereocenters. The van der Waals surface area contributed by atoms with Crippen LogP contribution in [0.15, 0.2) is 66.8 Å². The molecule has 0 spiro atoms. The van der Waals surface area contributed by atoms with Crippen molar-refractivity contribution in [3.05, 3.63) is 66.8 Å². The Hall–Kier alpha value is -3.49. The summed E-state index contributed by atoms with van der Waals surface area (Å²) in [4.78, 5) is 35.9. The van der Waals surface area contributed by atoms with Crippen molar-refractivity contribution in [3.63, 3.8) is 0 Å². The standard InChI is InChI=1S/C42H62F2O7/c1-4-5-6-7-8-9-10-11-12-13-14-15-18-24-31-48-41(47)28-23-17-16-22-27-37-38(40(51-35(3)46)32-39(37)50-34(2)45)29-30-42(43,44)33-49-36-25-20-19-21-26-36/h9-10,16,19-22,25-26,29-30,37-40H,4-8,11-15,17-18,23-24,27-28,31-33H2,1-3H3/b10-9+,22-16-,30-29+/t37-,38-,39+,40-/m1/s1. The second-order valence-electron chi connectivity index (χ2n) is 13.5. The maximum atomic E-state index is 14.8. The van der Waals surface area contributed by atoms with E-state index in [0.29, 0.717) is 38.0 Å². The van der Waals surface area contributed by atoms with Crippen molar-refractivity contribution in [1.82, 2.24) is 0 Å². The maximum absolute atomic E-state index is 14.8. The Morgan fingerprint density at radius 1 is 0.765 bits per heavy atom. The van der Waals surface area contributed by atoms with E-state index in [1.54, 1.807) is 30.3 Å². The minimum absolute atomic E-state index is 0.206. The number of esters is 3. The van der Waals surface area contributed by atoms with E-state index < -0.39 is 42.6 Å². The average Bonchev–Trinajstić information content (AvgIpc) is 3.40. The Labute approximate surface area is 305 Å². The molecule has 0 radical (unpaired) electrons. The van der Waals surface area contributed by atoms with Crippen molar-refractivity contribution in [3.8, 4) is 5.75 Å². The average molecular weight is 717 g/mol.